The molecule has 1 heterocycles. The first-order chi connectivity index (χ1) is 9.27. The monoisotopic (exact) mass is 339 g/mol. The Kier molecular flexibility index (Phi) is 4.41. The summed E-state index contributed by atoms with van der Waals surface area (Å²) in [6, 6.07) is 0. The number of rotatable bonds is 3. The molecule has 1 aromatic heterocycles. The van der Waals surface area contributed by atoms with Gasteiger partial charge in [-0.25, -0.2) is 18.5 Å². The fourth-order valence-electron chi connectivity index (χ4n) is 1.42. The average Bonchev–Trinajstić information content (AvgIpc) is 2.23. The molecule has 0 aromatic carbocycles. The normalized spacial score (nSPS) is 13.3. The van der Waals surface area contributed by atoms with Crippen molar-refractivity contribution in [2.24, 2.45) is 10.9 Å². The van der Waals surface area contributed by atoms with Crippen LogP contribution in [0.3, 0.4) is 0 Å². The molecule has 0 unspecified atom stereocenters. The van der Waals surface area contributed by atoms with Crippen molar-refractivity contribution in [3.63, 3.8) is 0 Å². The summed E-state index contributed by atoms with van der Waals surface area (Å²) in [5, 5.41) is 4.62. The molecule has 0 spiro atoms. The molecule has 4 N–H and O–H groups in total. The van der Waals surface area contributed by atoms with Crippen LogP contribution in [-0.4, -0.2) is 19.8 Å². The van der Waals surface area contributed by atoms with Gasteiger partial charge in [-0.3, -0.25) is 0 Å². The van der Waals surface area contributed by atoms with Crippen LogP contribution in [0.5, 0.6) is 5.88 Å². The second kappa shape index (κ2) is 5.31. The minimum Gasteiger partial charge on any atom is -0.387 e. The zero-order valence-electron chi connectivity index (χ0n) is 9.79. The Morgan fingerprint density at radius 3 is 2.05 bits per heavy atom. The lowest BCUT2D eigenvalue weighted by Crippen LogP contribution is -2.26. The first-order valence-corrected chi connectivity index (χ1v) is 6.39. The van der Waals surface area contributed by atoms with Gasteiger partial charge < -0.3 is 10.5 Å². The summed E-state index contributed by atoms with van der Waals surface area (Å²) in [7, 11) is -5.02. The van der Waals surface area contributed by atoms with Crippen molar-refractivity contribution >= 4 is 10.0 Å². The first-order valence-electron chi connectivity index (χ1n) is 4.85. The molecule has 0 atom stereocenters. The predicted octanol–water partition coefficient (Wildman–Crippen LogP) is 1.11. The number of nitrogens with zero attached hydrogens (tertiary/aromatic N) is 1. The van der Waals surface area contributed by atoms with E-state index in [0.29, 0.717) is 6.20 Å². The fraction of sp³-hybridized carbons (Fsp3) is 0.375. The number of hydrogen-bond acceptors (Lipinski definition) is 5. The van der Waals surface area contributed by atoms with E-state index in [0.717, 1.165) is 0 Å². The molecular formula is C8H7F6N3O3S. The van der Waals surface area contributed by atoms with Crippen LogP contribution in [0.25, 0.3) is 0 Å². The van der Waals surface area contributed by atoms with E-state index in [1.807, 2.05) is 0 Å². The van der Waals surface area contributed by atoms with Crippen LogP contribution in [0.4, 0.5) is 26.3 Å². The topological polar surface area (TPSA) is 108 Å². The van der Waals surface area contributed by atoms with Crippen molar-refractivity contribution in [2.75, 3.05) is 0 Å². The van der Waals surface area contributed by atoms with Gasteiger partial charge in [0.15, 0.2) is 0 Å². The molecule has 13 heteroatoms. The van der Waals surface area contributed by atoms with Crippen molar-refractivity contribution in [3.8, 4) is 5.88 Å². The summed E-state index contributed by atoms with van der Waals surface area (Å²) in [6.45, 7) is -0.742. The molecule has 0 saturated heterocycles. The number of sulfonamides is 1. The summed E-state index contributed by atoms with van der Waals surface area (Å²) in [4.78, 5) is 1.21. The largest absolute Gasteiger partial charge is 0.574 e. The molecule has 1 aromatic rings. The Labute approximate surface area is 113 Å². The maximum Gasteiger partial charge on any atom is 0.574 e. The van der Waals surface area contributed by atoms with E-state index in [4.69, 9.17) is 5.73 Å². The van der Waals surface area contributed by atoms with E-state index in [9.17, 15) is 34.8 Å². The smallest absolute Gasteiger partial charge is 0.387 e. The molecule has 1 rings (SSSR count). The van der Waals surface area contributed by atoms with Crippen molar-refractivity contribution in [1.29, 1.82) is 0 Å². The Bertz CT molecular complexity index is 640. The number of ether oxygens (including phenoxy) is 1. The Morgan fingerprint density at radius 2 is 1.71 bits per heavy atom. The van der Waals surface area contributed by atoms with Crippen molar-refractivity contribution in [3.05, 3.63) is 17.3 Å². The van der Waals surface area contributed by atoms with E-state index in [-0.39, 0.29) is 0 Å². The second-order valence-electron chi connectivity index (χ2n) is 3.59. The van der Waals surface area contributed by atoms with E-state index in [1.165, 1.54) is 0 Å². The van der Waals surface area contributed by atoms with Crippen LogP contribution in [0.1, 0.15) is 11.1 Å². The van der Waals surface area contributed by atoms with Crippen LogP contribution >= 0.6 is 0 Å². The van der Waals surface area contributed by atoms with Crippen molar-refractivity contribution in [1.82, 2.24) is 4.98 Å². The summed E-state index contributed by atoms with van der Waals surface area (Å²) in [5.74, 6) is -1.98. The van der Waals surface area contributed by atoms with Crippen LogP contribution < -0.4 is 15.6 Å². The molecule has 0 bridgehead atoms. The molecule has 0 fully saturated rings. The van der Waals surface area contributed by atoms with Gasteiger partial charge in [-0.05, 0) is 0 Å². The first kappa shape index (κ1) is 17.5. The SMILES string of the molecule is NCc1cnc(OC(F)(F)F)c(C(F)(F)F)c1S(N)(=O)=O. The highest BCUT2D eigenvalue weighted by Gasteiger charge is 2.45. The van der Waals surface area contributed by atoms with E-state index in [2.05, 4.69) is 14.9 Å². The highest BCUT2D eigenvalue weighted by atomic mass is 32.2. The highest BCUT2D eigenvalue weighted by molar-refractivity contribution is 7.89. The number of pyridine rings is 1. The maximum absolute atomic E-state index is 12.9. The van der Waals surface area contributed by atoms with Gasteiger partial charge in [0.1, 0.15) is 10.5 Å². The number of nitrogens with two attached hydrogens (primary N) is 2. The van der Waals surface area contributed by atoms with Crippen molar-refractivity contribution in [2.45, 2.75) is 24.0 Å². The molecule has 120 valence electrons. The summed E-state index contributed by atoms with van der Waals surface area (Å²) < 4.78 is 101. The van der Waals surface area contributed by atoms with Crippen LogP contribution in [0.2, 0.25) is 0 Å². The zero-order chi connectivity index (χ0) is 16.6. The summed E-state index contributed by atoms with van der Waals surface area (Å²) in [6.07, 6.45) is -10.6. The number of primary sulfonamides is 1. The lowest BCUT2D eigenvalue weighted by molar-refractivity contribution is -0.278. The molecule has 21 heavy (non-hydrogen) atoms. The number of halogens is 6. The lowest BCUT2D eigenvalue weighted by atomic mass is 10.2. The minimum atomic E-state index is -5.51. The third-order valence-electron chi connectivity index (χ3n) is 2.07. The van der Waals surface area contributed by atoms with Crippen LogP contribution in [0.15, 0.2) is 11.1 Å². The van der Waals surface area contributed by atoms with Gasteiger partial charge >= 0.3 is 12.5 Å². The third-order valence-corrected chi connectivity index (χ3v) is 3.11. The van der Waals surface area contributed by atoms with E-state index in [1.54, 1.807) is 0 Å². The van der Waals surface area contributed by atoms with E-state index < -0.39 is 51.0 Å². The number of alkyl halides is 6. The molecular weight excluding hydrogens is 332 g/mol. The van der Waals surface area contributed by atoms with Gasteiger partial charge in [0, 0.05) is 18.3 Å². The summed E-state index contributed by atoms with van der Waals surface area (Å²) >= 11 is 0. The molecule has 0 aliphatic carbocycles. The number of hydrogen-bond donors (Lipinski definition) is 2. The zero-order valence-corrected chi connectivity index (χ0v) is 10.6. The Balaban J connectivity index is 3.78. The van der Waals surface area contributed by atoms with Gasteiger partial charge in [0.25, 0.3) is 0 Å². The number of aromatic nitrogens is 1. The quantitative estimate of drug-likeness (QED) is 0.802. The van der Waals surface area contributed by atoms with Gasteiger partial charge in [0.05, 0.1) is 0 Å². The summed E-state index contributed by atoms with van der Waals surface area (Å²) in [5.41, 5.74) is 2.09. The maximum atomic E-state index is 12.9. The van der Waals surface area contributed by atoms with Crippen LogP contribution in [0, 0.1) is 0 Å². The van der Waals surface area contributed by atoms with Gasteiger partial charge in [-0.15, -0.1) is 13.2 Å². The lowest BCUT2D eigenvalue weighted by Gasteiger charge is -2.18. The standard InChI is InChI=1S/C8H7F6N3O3S/c9-7(10,11)4-5(21(16,18)19)3(1-15)2-17-6(4)20-8(12,13)14/h2H,1,15H2,(H2,16,18,19). The molecule has 0 aliphatic rings. The van der Waals surface area contributed by atoms with E-state index >= 15 is 0 Å². The molecule has 6 nitrogen and oxygen atoms in total. The third kappa shape index (κ3) is 4.18. The van der Waals surface area contributed by atoms with Gasteiger partial charge in [-0.2, -0.15) is 13.2 Å². The molecule has 0 saturated carbocycles. The minimum absolute atomic E-state index is 0.413. The molecule has 0 radical (unpaired) electrons. The second-order valence-corrected chi connectivity index (χ2v) is 5.09. The van der Waals surface area contributed by atoms with Gasteiger partial charge in [-0.1, -0.05) is 0 Å². The Hall–Kier alpha value is -1.60. The molecule has 0 amide bonds. The Morgan fingerprint density at radius 1 is 1.19 bits per heavy atom. The fourth-order valence-corrected chi connectivity index (χ4v) is 2.41. The predicted molar refractivity (Wildman–Crippen MR) is 55.2 cm³/mol. The molecule has 0 aliphatic heterocycles. The highest BCUT2D eigenvalue weighted by Crippen LogP contribution is 2.41. The van der Waals surface area contributed by atoms with Gasteiger partial charge in [0.2, 0.25) is 15.9 Å². The average molecular weight is 339 g/mol. The van der Waals surface area contributed by atoms with Crippen LogP contribution in [-0.2, 0) is 22.7 Å². The van der Waals surface area contributed by atoms with Crippen molar-refractivity contribution < 1.29 is 39.5 Å².